The molecule has 2 atom stereocenters. The largest absolute Gasteiger partial charge is 0.381 e. The Bertz CT molecular complexity index is 355. The molecule has 0 saturated carbocycles. The fourth-order valence-corrected chi connectivity index (χ4v) is 2.99. The molecule has 4 nitrogen and oxygen atoms in total. The number of hydrogen-bond acceptors (Lipinski definition) is 3. The summed E-state index contributed by atoms with van der Waals surface area (Å²) < 4.78 is 5.29. The average molecular weight is 250 g/mol. The first-order valence-corrected chi connectivity index (χ1v) is 6.91. The molecule has 2 aliphatic rings. The van der Waals surface area contributed by atoms with Crippen LogP contribution in [-0.4, -0.2) is 36.6 Å². The molecule has 0 aromatic heterocycles. The van der Waals surface area contributed by atoms with Gasteiger partial charge in [0.25, 0.3) is 0 Å². The van der Waals surface area contributed by atoms with E-state index in [4.69, 9.17) is 4.74 Å². The van der Waals surface area contributed by atoms with Gasteiger partial charge in [-0.25, -0.2) is 0 Å². The highest BCUT2D eigenvalue weighted by atomic mass is 16.5. The van der Waals surface area contributed by atoms with Crippen LogP contribution in [0.4, 0.5) is 0 Å². The van der Waals surface area contributed by atoms with E-state index in [0.717, 1.165) is 13.0 Å². The average Bonchev–Trinajstić information content (AvgIpc) is 2.42. The maximum atomic E-state index is 12.7. The molecule has 0 N–H and O–H groups in total. The summed E-state index contributed by atoms with van der Waals surface area (Å²) in [5.41, 5.74) is -0.830. The molecule has 0 radical (unpaired) electrons. The van der Waals surface area contributed by atoms with E-state index in [9.17, 15) is 10.1 Å². The summed E-state index contributed by atoms with van der Waals surface area (Å²) in [4.78, 5) is 14.6. The summed E-state index contributed by atoms with van der Waals surface area (Å²) in [6.45, 7) is 6.14. The molecule has 2 fully saturated rings. The number of ether oxygens (including phenoxy) is 1. The van der Waals surface area contributed by atoms with Crippen molar-refractivity contribution in [2.75, 3.05) is 19.8 Å². The van der Waals surface area contributed by atoms with Gasteiger partial charge in [-0.05, 0) is 38.5 Å². The Morgan fingerprint density at radius 1 is 1.39 bits per heavy atom. The number of piperidine rings is 1. The molecule has 0 bridgehead atoms. The number of amides is 1. The standard InChI is InChI=1S/C14H22N2O2/c1-11-4-3-7-16(12(11)2)13(17)14(10-15)5-8-18-9-6-14/h11-12H,3-9H2,1-2H3. The van der Waals surface area contributed by atoms with Crippen LogP contribution in [0.5, 0.6) is 0 Å². The topological polar surface area (TPSA) is 53.3 Å². The molecule has 18 heavy (non-hydrogen) atoms. The van der Waals surface area contributed by atoms with Gasteiger partial charge in [0.2, 0.25) is 5.91 Å². The zero-order valence-electron chi connectivity index (χ0n) is 11.3. The molecule has 2 saturated heterocycles. The van der Waals surface area contributed by atoms with Crippen molar-refractivity contribution < 1.29 is 9.53 Å². The van der Waals surface area contributed by atoms with Crippen LogP contribution >= 0.6 is 0 Å². The SMILES string of the molecule is CC1CCCN(C(=O)C2(C#N)CCOCC2)C1C. The lowest BCUT2D eigenvalue weighted by atomic mass is 9.78. The van der Waals surface area contributed by atoms with Crippen molar-refractivity contribution in [2.45, 2.75) is 45.6 Å². The third-order valence-corrected chi connectivity index (χ3v) is 4.60. The number of nitriles is 1. The van der Waals surface area contributed by atoms with E-state index < -0.39 is 5.41 Å². The van der Waals surface area contributed by atoms with E-state index in [1.807, 2.05) is 4.90 Å². The minimum atomic E-state index is -0.830. The maximum absolute atomic E-state index is 12.7. The van der Waals surface area contributed by atoms with Crippen LogP contribution in [0.1, 0.15) is 39.5 Å². The minimum absolute atomic E-state index is 0.0346. The molecule has 0 spiro atoms. The van der Waals surface area contributed by atoms with Crippen molar-refractivity contribution in [2.24, 2.45) is 11.3 Å². The number of carbonyl (C=O) groups excluding carboxylic acids is 1. The predicted molar refractivity (Wildman–Crippen MR) is 67.7 cm³/mol. The number of hydrogen-bond donors (Lipinski definition) is 0. The molecule has 2 heterocycles. The van der Waals surface area contributed by atoms with Gasteiger partial charge in [0.05, 0.1) is 6.07 Å². The van der Waals surface area contributed by atoms with Gasteiger partial charge in [0.15, 0.2) is 0 Å². The van der Waals surface area contributed by atoms with Crippen molar-refractivity contribution in [3.63, 3.8) is 0 Å². The van der Waals surface area contributed by atoms with Gasteiger partial charge in [-0.2, -0.15) is 5.26 Å². The molecule has 2 aliphatic heterocycles. The second-order valence-electron chi connectivity index (χ2n) is 5.66. The molecule has 0 aliphatic carbocycles. The molecule has 0 aromatic carbocycles. The minimum Gasteiger partial charge on any atom is -0.381 e. The van der Waals surface area contributed by atoms with Crippen LogP contribution in [0.15, 0.2) is 0 Å². The van der Waals surface area contributed by atoms with Gasteiger partial charge in [-0.3, -0.25) is 4.79 Å². The Balaban J connectivity index is 2.16. The van der Waals surface area contributed by atoms with Gasteiger partial charge in [-0.15, -0.1) is 0 Å². The smallest absolute Gasteiger partial charge is 0.243 e. The van der Waals surface area contributed by atoms with Crippen LogP contribution < -0.4 is 0 Å². The highest BCUT2D eigenvalue weighted by Crippen LogP contribution is 2.35. The number of carbonyl (C=O) groups is 1. The molecule has 1 amide bonds. The van der Waals surface area contributed by atoms with Crippen LogP contribution in [0.25, 0.3) is 0 Å². The van der Waals surface area contributed by atoms with E-state index in [0.29, 0.717) is 32.0 Å². The van der Waals surface area contributed by atoms with E-state index >= 15 is 0 Å². The summed E-state index contributed by atoms with van der Waals surface area (Å²) in [6.07, 6.45) is 3.31. The normalized spacial score (nSPS) is 31.7. The van der Waals surface area contributed by atoms with Gasteiger partial charge in [-0.1, -0.05) is 6.92 Å². The molecular weight excluding hydrogens is 228 g/mol. The van der Waals surface area contributed by atoms with Crippen molar-refractivity contribution in [1.29, 1.82) is 5.26 Å². The summed E-state index contributed by atoms with van der Waals surface area (Å²) in [6, 6.07) is 2.53. The highest BCUT2D eigenvalue weighted by Gasteiger charge is 2.45. The zero-order chi connectivity index (χ0) is 13.2. The summed E-state index contributed by atoms with van der Waals surface area (Å²) in [5.74, 6) is 0.561. The second kappa shape index (κ2) is 5.27. The second-order valence-corrected chi connectivity index (χ2v) is 5.66. The Kier molecular flexibility index (Phi) is 3.91. The molecule has 0 aromatic rings. The van der Waals surface area contributed by atoms with Crippen molar-refractivity contribution in [1.82, 2.24) is 4.90 Å². The van der Waals surface area contributed by atoms with Crippen molar-refractivity contribution in [3.05, 3.63) is 0 Å². The maximum Gasteiger partial charge on any atom is 0.243 e. The van der Waals surface area contributed by atoms with E-state index in [1.54, 1.807) is 0 Å². The first-order chi connectivity index (χ1) is 8.60. The number of rotatable bonds is 1. The number of nitrogens with zero attached hydrogens (tertiary/aromatic N) is 2. The Morgan fingerprint density at radius 3 is 2.67 bits per heavy atom. The van der Waals surface area contributed by atoms with Gasteiger partial charge < -0.3 is 9.64 Å². The summed E-state index contributed by atoms with van der Waals surface area (Å²) >= 11 is 0. The fourth-order valence-electron chi connectivity index (χ4n) is 2.99. The summed E-state index contributed by atoms with van der Waals surface area (Å²) in [5, 5.41) is 9.44. The molecule has 2 rings (SSSR count). The lowest BCUT2D eigenvalue weighted by Gasteiger charge is -2.42. The lowest BCUT2D eigenvalue weighted by molar-refractivity contribution is -0.148. The van der Waals surface area contributed by atoms with Crippen LogP contribution in [0.3, 0.4) is 0 Å². The molecule has 2 unspecified atom stereocenters. The van der Waals surface area contributed by atoms with Crippen LogP contribution in [-0.2, 0) is 9.53 Å². The first-order valence-electron chi connectivity index (χ1n) is 6.91. The van der Waals surface area contributed by atoms with Crippen LogP contribution in [0, 0.1) is 22.7 Å². The van der Waals surface area contributed by atoms with E-state index in [1.165, 1.54) is 6.42 Å². The van der Waals surface area contributed by atoms with Gasteiger partial charge in [0, 0.05) is 25.8 Å². The fraction of sp³-hybridized carbons (Fsp3) is 0.857. The Hall–Kier alpha value is -1.08. The Labute approximate surface area is 109 Å². The van der Waals surface area contributed by atoms with Gasteiger partial charge >= 0.3 is 0 Å². The number of likely N-dealkylation sites (tertiary alicyclic amines) is 1. The molecule has 4 heteroatoms. The van der Waals surface area contributed by atoms with E-state index in [2.05, 4.69) is 19.9 Å². The van der Waals surface area contributed by atoms with E-state index in [-0.39, 0.29) is 11.9 Å². The quantitative estimate of drug-likeness (QED) is 0.714. The lowest BCUT2D eigenvalue weighted by Crippen LogP contribution is -2.53. The highest BCUT2D eigenvalue weighted by molar-refractivity contribution is 5.86. The Morgan fingerprint density at radius 2 is 2.06 bits per heavy atom. The van der Waals surface area contributed by atoms with Gasteiger partial charge in [0.1, 0.15) is 5.41 Å². The predicted octanol–water partition coefficient (Wildman–Crippen LogP) is 1.95. The monoisotopic (exact) mass is 250 g/mol. The van der Waals surface area contributed by atoms with Crippen molar-refractivity contribution >= 4 is 5.91 Å². The van der Waals surface area contributed by atoms with Crippen molar-refractivity contribution in [3.8, 4) is 6.07 Å². The third kappa shape index (κ3) is 2.24. The zero-order valence-corrected chi connectivity index (χ0v) is 11.3. The first kappa shape index (κ1) is 13.4. The molecule has 100 valence electrons. The third-order valence-electron chi connectivity index (χ3n) is 4.60. The molecular formula is C14H22N2O2. The van der Waals surface area contributed by atoms with Crippen LogP contribution in [0.2, 0.25) is 0 Å². The summed E-state index contributed by atoms with van der Waals surface area (Å²) in [7, 11) is 0.